The lowest BCUT2D eigenvalue weighted by atomic mass is 10.3. The third kappa shape index (κ3) is 2.73. The number of ether oxygens (including phenoxy) is 1. The van der Waals surface area contributed by atoms with E-state index in [1.165, 1.54) is 11.2 Å². The summed E-state index contributed by atoms with van der Waals surface area (Å²) in [6, 6.07) is 4.14. The molecule has 96 valence electrons. The minimum atomic E-state index is 0.340. The lowest BCUT2D eigenvalue weighted by Gasteiger charge is -2.23. The SMILES string of the molecule is CCN(Cc1cccs1)c1ncnc(Cl)c1OC. The van der Waals surface area contributed by atoms with Crippen LogP contribution in [0, 0.1) is 0 Å². The van der Waals surface area contributed by atoms with Gasteiger partial charge in [-0.05, 0) is 18.4 Å². The zero-order valence-electron chi connectivity index (χ0n) is 10.3. The van der Waals surface area contributed by atoms with Crippen LogP contribution in [0.2, 0.25) is 5.15 Å². The predicted molar refractivity (Wildman–Crippen MR) is 74.6 cm³/mol. The number of anilines is 1. The van der Waals surface area contributed by atoms with Crippen LogP contribution in [0.3, 0.4) is 0 Å². The second-order valence-corrected chi connectivity index (χ2v) is 5.01. The third-order valence-corrected chi connectivity index (χ3v) is 3.68. The van der Waals surface area contributed by atoms with Gasteiger partial charge in [0.15, 0.2) is 16.7 Å². The fourth-order valence-electron chi connectivity index (χ4n) is 1.67. The minimum absolute atomic E-state index is 0.340. The Morgan fingerprint density at radius 1 is 1.44 bits per heavy atom. The van der Waals surface area contributed by atoms with Crippen molar-refractivity contribution in [3.63, 3.8) is 0 Å². The quantitative estimate of drug-likeness (QED) is 0.790. The van der Waals surface area contributed by atoms with Gasteiger partial charge in [-0.25, -0.2) is 9.97 Å². The molecule has 2 aromatic rings. The molecule has 0 aliphatic carbocycles. The molecule has 0 saturated carbocycles. The Morgan fingerprint density at radius 3 is 2.89 bits per heavy atom. The monoisotopic (exact) mass is 283 g/mol. The maximum atomic E-state index is 6.01. The molecule has 0 aromatic carbocycles. The third-order valence-electron chi connectivity index (χ3n) is 2.55. The second kappa shape index (κ2) is 6.02. The number of methoxy groups -OCH3 is 1. The molecule has 6 heteroatoms. The number of hydrogen-bond acceptors (Lipinski definition) is 5. The molecule has 2 rings (SSSR count). The minimum Gasteiger partial charge on any atom is -0.490 e. The van der Waals surface area contributed by atoms with Crippen molar-refractivity contribution >= 4 is 28.8 Å². The van der Waals surface area contributed by atoms with Crippen LogP contribution in [-0.4, -0.2) is 23.6 Å². The fraction of sp³-hybridized carbons (Fsp3) is 0.333. The van der Waals surface area contributed by atoms with Gasteiger partial charge in [-0.2, -0.15) is 0 Å². The summed E-state index contributed by atoms with van der Waals surface area (Å²) in [4.78, 5) is 11.6. The Labute approximate surface area is 115 Å². The van der Waals surface area contributed by atoms with Crippen molar-refractivity contribution in [3.05, 3.63) is 33.9 Å². The molecule has 0 spiro atoms. The maximum absolute atomic E-state index is 6.01. The number of hydrogen-bond donors (Lipinski definition) is 0. The highest BCUT2D eigenvalue weighted by Crippen LogP contribution is 2.32. The van der Waals surface area contributed by atoms with E-state index in [9.17, 15) is 0 Å². The summed E-state index contributed by atoms with van der Waals surface area (Å²) in [6.45, 7) is 3.68. The summed E-state index contributed by atoms with van der Waals surface area (Å²) < 4.78 is 5.28. The molecule has 2 aromatic heterocycles. The normalized spacial score (nSPS) is 10.4. The van der Waals surface area contributed by atoms with E-state index < -0.39 is 0 Å². The highest BCUT2D eigenvalue weighted by molar-refractivity contribution is 7.09. The molecule has 2 heterocycles. The first-order chi connectivity index (χ1) is 8.76. The van der Waals surface area contributed by atoms with Crippen molar-refractivity contribution in [2.24, 2.45) is 0 Å². The zero-order chi connectivity index (χ0) is 13.0. The van der Waals surface area contributed by atoms with Crippen LogP contribution in [0.15, 0.2) is 23.8 Å². The molecule has 4 nitrogen and oxygen atoms in total. The second-order valence-electron chi connectivity index (χ2n) is 3.61. The molecule has 0 N–H and O–H groups in total. The molecule has 0 amide bonds. The number of aromatic nitrogens is 2. The van der Waals surface area contributed by atoms with E-state index in [0.717, 1.165) is 18.9 Å². The summed E-state index contributed by atoms with van der Waals surface area (Å²) in [5.74, 6) is 1.26. The van der Waals surface area contributed by atoms with E-state index in [1.807, 2.05) is 6.07 Å². The Balaban J connectivity index is 2.30. The average Bonchev–Trinajstić information content (AvgIpc) is 2.88. The van der Waals surface area contributed by atoms with Gasteiger partial charge in [0.1, 0.15) is 6.33 Å². The Hall–Kier alpha value is -1.33. The van der Waals surface area contributed by atoms with Crippen molar-refractivity contribution in [1.82, 2.24) is 9.97 Å². The molecule has 0 aliphatic heterocycles. The predicted octanol–water partition coefficient (Wildman–Crippen LogP) is 3.23. The van der Waals surface area contributed by atoms with Crippen molar-refractivity contribution in [3.8, 4) is 5.75 Å². The number of rotatable bonds is 5. The van der Waals surface area contributed by atoms with Gasteiger partial charge in [-0.15, -0.1) is 11.3 Å². The summed E-state index contributed by atoms with van der Waals surface area (Å²) in [6.07, 6.45) is 1.46. The number of thiophene rings is 1. The number of nitrogens with zero attached hydrogens (tertiary/aromatic N) is 3. The van der Waals surface area contributed by atoms with Gasteiger partial charge < -0.3 is 9.64 Å². The van der Waals surface area contributed by atoms with Gasteiger partial charge in [0, 0.05) is 11.4 Å². The average molecular weight is 284 g/mol. The molecule has 18 heavy (non-hydrogen) atoms. The van der Waals surface area contributed by atoms with Crippen molar-refractivity contribution in [2.75, 3.05) is 18.6 Å². The highest BCUT2D eigenvalue weighted by Gasteiger charge is 2.16. The smallest absolute Gasteiger partial charge is 0.199 e. The molecule has 0 aliphatic rings. The van der Waals surface area contributed by atoms with Gasteiger partial charge in [0.2, 0.25) is 0 Å². The van der Waals surface area contributed by atoms with Crippen LogP contribution in [-0.2, 0) is 6.54 Å². The van der Waals surface area contributed by atoms with Crippen LogP contribution >= 0.6 is 22.9 Å². The Morgan fingerprint density at radius 2 is 2.28 bits per heavy atom. The zero-order valence-corrected chi connectivity index (χ0v) is 11.8. The maximum Gasteiger partial charge on any atom is 0.199 e. The van der Waals surface area contributed by atoms with Crippen LogP contribution in [0.4, 0.5) is 5.82 Å². The molecule has 0 bridgehead atoms. The first-order valence-corrected chi connectivity index (χ1v) is 6.83. The Bertz CT molecular complexity index is 504. The summed E-state index contributed by atoms with van der Waals surface area (Å²) in [7, 11) is 1.58. The summed E-state index contributed by atoms with van der Waals surface area (Å²) in [5, 5.41) is 2.40. The van der Waals surface area contributed by atoms with Gasteiger partial charge in [-0.3, -0.25) is 0 Å². The van der Waals surface area contributed by atoms with Crippen molar-refractivity contribution in [1.29, 1.82) is 0 Å². The molecule has 0 atom stereocenters. The van der Waals surface area contributed by atoms with Crippen LogP contribution in [0.25, 0.3) is 0 Å². The standard InChI is InChI=1S/C12H14ClN3OS/c1-3-16(7-9-5-4-6-18-9)12-10(17-2)11(13)14-8-15-12/h4-6,8H,3,7H2,1-2H3. The van der Waals surface area contributed by atoms with E-state index in [-0.39, 0.29) is 0 Å². The van der Waals surface area contributed by atoms with Gasteiger partial charge in [0.05, 0.1) is 13.7 Å². The molecular formula is C12H14ClN3OS. The molecule has 0 saturated heterocycles. The molecule has 0 fully saturated rings. The van der Waals surface area contributed by atoms with E-state index in [2.05, 4.69) is 33.2 Å². The lowest BCUT2D eigenvalue weighted by Crippen LogP contribution is -2.23. The molecular weight excluding hydrogens is 270 g/mol. The van der Waals surface area contributed by atoms with Crippen LogP contribution in [0.5, 0.6) is 5.75 Å². The van der Waals surface area contributed by atoms with Crippen LogP contribution in [0.1, 0.15) is 11.8 Å². The first kappa shape index (κ1) is 13.1. The molecule has 0 radical (unpaired) electrons. The first-order valence-electron chi connectivity index (χ1n) is 5.58. The lowest BCUT2D eigenvalue weighted by molar-refractivity contribution is 0.410. The summed E-state index contributed by atoms with van der Waals surface area (Å²) in [5.41, 5.74) is 0. The van der Waals surface area contributed by atoms with E-state index in [4.69, 9.17) is 16.3 Å². The van der Waals surface area contributed by atoms with Crippen LogP contribution < -0.4 is 9.64 Å². The van der Waals surface area contributed by atoms with E-state index in [1.54, 1.807) is 18.4 Å². The number of halogens is 1. The van der Waals surface area contributed by atoms with Crippen molar-refractivity contribution < 1.29 is 4.74 Å². The van der Waals surface area contributed by atoms with Gasteiger partial charge in [-0.1, -0.05) is 17.7 Å². The summed E-state index contributed by atoms with van der Waals surface area (Å²) >= 11 is 7.73. The Kier molecular flexibility index (Phi) is 4.38. The highest BCUT2D eigenvalue weighted by atomic mass is 35.5. The van der Waals surface area contributed by atoms with Gasteiger partial charge >= 0.3 is 0 Å². The topological polar surface area (TPSA) is 38.2 Å². The van der Waals surface area contributed by atoms with E-state index >= 15 is 0 Å². The largest absolute Gasteiger partial charge is 0.490 e. The molecule has 0 unspecified atom stereocenters. The van der Waals surface area contributed by atoms with E-state index in [0.29, 0.717) is 10.9 Å². The van der Waals surface area contributed by atoms with Crippen molar-refractivity contribution in [2.45, 2.75) is 13.5 Å². The van der Waals surface area contributed by atoms with Gasteiger partial charge in [0.25, 0.3) is 0 Å². The fourth-order valence-corrected chi connectivity index (χ4v) is 2.60.